The Kier molecular flexibility index (Phi) is 5.92. The molecule has 9 nitrogen and oxygen atoms in total. The zero-order chi connectivity index (χ0) is 28.4. The Bertz CT molecular complexity index is 1810. The zero-order valence-electron chi connectivity index (χ0n) is 23.6. The fourth-order valence-electron chi connectivity index (χ4n) is 7.89. The van der Waals surface area contributed by atoms with E-state index in [1.807, 2.05) is 18.2 Å². The highest BCUT2D eigenvalue weighted by Crippen LogP contribution is 2.39. The number of piperazine rings is 1. The predicted molar refractivity (Wildman–Crippen MR) is 163 cm³/mol. The molecular formula is C33H34N6O3. The van der Waals surface area contributed by atoms with E-state index in [4.69, 9.17) is 21.1 Å². The quantitative estimate of drug-likeness (QED) is 0.357. The number of anilines is 1. The van der Waals surface area contributed by atoms with Gasteiger partial charge in [-0.15, -0.1) is 6.42 Å². The van der Waals surface area contributed by atoms with Crippen LogP contribution in [0.3, 0.4) is 0 Å². The third-order valence-corrected chi connectivity index (χ3v) is 9.87. The Hall–Kier alpha value is -4.13. The first kappa shape index (κ1) is 25.6. The maximum atomic E-state index is 14.3. The van der Waals surface area contributed by atoms with Gasteiger partial charge in [0.05, 0.1) is 16.6 Å². The SMILES string of the molecule is C#Cc1cccc2cc(O)cc(-n3cnc4c(N5CC6CCC(C5)N6)nc(OCC56CCCN5CCC6)cc4c3=O)c12. The van der Waals surface area contributed by atoms with Crippen molar-refractivity contribution in [2.24, 2.45) is 0 Å². The van der Waals surface area contributed by atoms with E-state index in [2.05, 4.69) is 21.0 Å². The maximum absolute atomic E-state index is 14.3. The van der Waals surface area contributed by atoms with Crippen molar-refractivity contribution in [2.45, 2.75) is 56.1 Å². The van der Waals surface area contributed by atoms with Crippen molar-refractivity contribution in [2.75, 3.05) is 37.7 Å². The largest absolute Gasteiger partial charge is 0.508 e. The molecule has 2 unspecified atom stereocenters. The molecule has 4 saturated heterocycles. The van der Waals surface area contributed by atoms with Gasteiger partial charge >= 0.3 is 0 Å². The van der Waals surface area contributed by atoms with Crippen molar-refractivity contribution in [1.29, 1.82) is 0 Å². The van der Waals surface area contributed by atoms with Crippen molar-refractivity contribution >= 4 is 27.5 Å². The monoisotopic (exact) mass is 562 g/mol. The first-order valence-corrected chi connectivity index (χ1v) is 15.1. The molecule has 2 aromatic carbocycles. The van der Waals surface area contributed by atoms with Gasteiger partial charge in [-0.1, -0.05) is 18.1 Å². The van der Waals surface area contributed by atoms with Crippen LogP contribution in [0, 0.1) is 12.3 Å². The molecule has 8 rings (SSSR count). The van der Waals surface area contributed by atoms with Crippen LogP contribution in [0.5, 0.6) is 11.6 Å². The summed E-state index contributed by atoms with van der Waals surface area (Å²) in [5.74, 6) is 3.93. The van der Waals surface area contributed by atoms with E-state index >= 15 is 0 Å². The molecule has 9 heteroatoms. The van der Waals surface area contributed by atoms with Crippen molar-refractivity contribution in [3.63, 3.8) is 0 Å². The minimum absolute atomic E-state index is 0.0475. The summed E-state index contributed by atoms with van der Waals surface area (Å²) in [5, 5.41) is 16.2. The van der Waals surface area contributed by atoms with Crippen LogP contribution in [-0.2, 0) is 0 Å². The Morgan fingerprint density at radius 2 is 1.90 bits per heavy atom. The van der Waals surface area contributed by atoms with E-state index in [1.165, 1.54) is 23.7 Å². The van der Waals surface area contributed by atoms with Gasteiger partial charge in [0.2, 0.25) is 5.88 Å². The molecule has 2 aromatic heterocycles. The van der Waals surface area contributed by atoms with Crippen LogP contribution >= 0.6 is 0 Å². The minimum Gasteiger partial charge on any atom is -0.508 e. The number of aromatic nitrogens is 3. The molecule has 2 N–H and O–H groups in total. The summed E-state index contributed by atoms with van der Waals surface area (Å²) in [4.78, 5) is 29.0. The number of phenolic OH excluding ortho intramolecular Hbond substituents is 1. The van der Waals surface area contributed by atoms with E-state index < -0.39 is 0 Å². The van der Waals surface area contributed by atoms with Gasteiger partial charge in [-0.3, -0.25) is 14.3 Å². The van der Waals surface area contributed by atoms with Gasteiger partial charge in [0.25, 0.3) is 5.56 Å². The first-order chi connectivity index (χ1) is 20.5. The normalized spacial score (nSPS) is 23.0. The molecule has 0 radical (unpaired) electrons. The highest BCUT2D eigenvalue weighted by molar-refractivity contribution is 5.97. The molecule has 2 atom stereocenters. The third kappa shape index (κ3) is 4.04. The lowest BCUT2D eigenvalue weighted by Gasteiger charge is -2.34. The summed E-state index contributed by atoms with van der Waals surface area (Å²) < 4.78 is 7.97. The lowest BCUT2D eigenvalue weighted by Crippen LogP contribution is -2.51. The molecule has 0 saturated carbocycles. The van der Waals surface area contributed by atoms with Crippen LogP contribution in [0.25, 0.3) is 27.4 Å². The van der Waals surface area contributed by atoms with Crippen LogP contribution in [0.15, 0.2) is 47.5 Å². The fraction of sp³-hybridized carbons (Fsp3) is 0.424. The third-order valence-electron chi connectivity index (χ3n) is 9.87. The second-order valence-corrected chi connectivity index (χ2v) is 12.4. The molecule has 4 aliphatic rings. The molecule has 0 spiro atoms. The molecule has 0 aliphatic carbocycles. The molecule has 42 heavy (non-hydrogen) atoms. The standard InChI is InChI=1S/C33H34N6O3/c1-2-21-6-3-7-22-14-25(40)15-27(29(21)22)39-20-34-30-26(32(39)41)16-28(42-19-33-10-4-12-38(33)13-5-11-33)36-31(30)37-17-23-8-9-24(18-37)35-23/h1,3,6-7,14-16,20,23-24,35,40H,4-5,8-13,17-19H2. The minimum atomic E-state index is -0.258. The second-order valence-electron chi connectivity index (χ2n) is 12.4. The number of aromatic hydroxyl groups is 1. The van der Waals surface area contributed by atoms with E-state index in [0.717, 1.165) is 57.2 Å². The highest BCUT2D eigenvalue weighted by Gasteiger charge is 2.45. The number of hydrogen-bond acceptors (Lipinski definition) is 8. The van der Waals surface area contributed by atoms with Crippen molar-refractivity contribution in [3.05, 3.63) is 58.6 Å². The fourth-order valence-corrected chi connectivity index (χ4v) is 7.89. The van der Waals surface area contributed by atoms with E-state index in [0.29, 0.717) is 57.9 Å². The molecule has 214 valence electrons. The number of nitrogens with zero attached hydrogens (tertiary/aromatic N) is 5. The van der Waals surface area contributed by atoms with E-state index in [1.54, 1.807) is 18.2 Å². The summed E-state index contributed by atoms with van der Waals surface area (Å²) in [6, 6.07) is 11.3. The highest BCUT2D eigenvalue weighted by atomic mass is 16.5. The zero-order valence-corrected chi connectivity index (χ0v) is 23.6. The van der Waals surface area contributed by atoms with Gasteiger partial charge in [0.1, 0.15) is 24.2 Å². The number of fused-ring (bicyclic) bond motifs is 5. The number of rotatable bonds is 5. The number of phenols is 1. The van der Waals surface area contributed by atoms with Gasteiger partial charge in [-0.2, -0.15) is 4.98 Å². The van der Waals surface area contributed by atoms with Gasteiger partial charge < -0.3 is 20.1 Å². The molecular weight excluding hydrogens is 528 g/mol. The molecule has 0 amide bonds. The number of ether oxygens (including phenoxy) is 1. The van der Waals surface area contributed by atoms with Crippen molar-refractivity contribution in [1.82, 2.24) is 24.8 Å². The van der Waals surface area contributed by atoms with Crippen LogP contribution < -0.4 is 20.5 Å². The first-order valence-electron chi connectivity index (χ1n) is 15.1. The molecule has 4 aliphatic heterocycles. The van der Waals surface area contributed by atoms with E-state index in [9.17, 15) is 9.90 Å². The maximum Gasteiger partial charge on any atom is 0.266 e. The average Bonchev–Trinajstić information content (AvgIpc) is 3.68. The lowest BCUT2D eigenvalue weighted by molar-refractivity contribution is 0.111. The van der Waals surface area contributed by atoms with Crippen molar-refractivity contribution < 1.29 is 9.84 Å². The van der Waals surface area contributed by atoms with Gasteiger partial charge in [0.15, 0.2) is 5.82 Å². The summed E-state index contributed by atoms with van der Waals surface area (Å²) in [7, 11) is 0. The molecule has 4 aromatic rings. The van der Waals surface area contributed by atoms with Crippen LogP contribution in [0.1, 0.15) is 44.1 Å². The molecule has 2 bridgehead atoms. The van der Waals surface area contributed by atoms with Crippen LogP contribution in [0.4, 0.5) is 5.82 Å². The Morgan fingerprint density at radius 1 is 1.12 bits per heavy atom. The summed E-state index contributed by atoms with van der Waals surface area (Å²) >= 11 is 0. The smallest absolute Gasteiger partial charge is 0.266 e. The van der Waals surface area contributed by atoms with Crippen molar-refractivity contribution in [3.8, 4) is 29.7 Å². The average molecular weight is 563 g/mol. The number of nitrogens with one attached hydrogen (secondary N) is 1. The Balaban J connectivity index is 1.28. The van der Waals surface area contributed by atoms with Gasteiger partial charge in [-0.05, 0) is 69.1 Å². The second kappa shape index (κ2) is 9.72. The number of benzene rings is 2. The Morgan fingerprint density at radius 3 is 2.67 bits per heavy atom. The predicted octanol–water partition coefficient (Wildman–Crippen LogP) is 3.57. The topological polar surface area (TPSA) is 95.8 Å². The van der Waals surface area contributed by atoms with Gasteiger partial charge in [-0.25, -0.2) is 4.98 Å². The summed E-state index contributed by atoms with van der Waals surface area (Å²) in [6.07, 6.45) is 14.3. The van der Waals surface area contributed by atoms with Crippen LogP contribution in [-0.4, -0.2) is 75.0 Å². The number of terminal acetylenes is 1. The number of hydrogen-bond donors (Lipinski definition) is 2. The van der Waals surface area contributed by atoms with E-state index in [-0.39, 0.29) is 16.8 Å². The summed E-state index contributed by atoms with van der Waals surface area (Å²) in [5.41, 5.74) is 1.50. The van der Waals surface area contributed by atoms with Crippen LogP contribution in [0.2, 0.25) is 0 Å². The number of pyridine rings is 1. The lowest BCUT2D eigenvalue weighted by atomic mass is 9.95. The van der Waals surface area contributed by atoms with Gasteiger partial charge in [0, 0.05) is 48.3 Å². The molecule has 4 fully saturated rings. The summed E-state index contributed by atoms with van der Waals surface area (Å²) in [6.45, 7) is 4.43. The Labute approximate surface area is 244 Å². The molecule has 6 heterocycles.